The normalized spacial score (nSPS) is 10.8. The summed E-state index contributed by atoms with van der Waals surface area (Å²) in [5.41, 5.74) is 3.78. The van der Waals surface area contributed by atoms with Crippen molar-refractivity contribution < 1.29 is 13.9 Å². The van der Waals surface area contributed by atoms with Crippen molar-refractivity contribution in [3.05, 3.63) is 59.5 Å². The second-order valence-corrected chi connectivity index (χ2v) is 6.07. The fourth-order valence-electron chi connectivity index (χ4n) is 2.57. The lowest BCUT2D eigenvalue weighted by Gasteiger charge is -2.06. The van der Waals surface area contributed by atoms with Crippen molar-refractivity contribution in [1.29, 1.82) is 0 Å². The molecule has 0 bridgehead atoms. The van der Waals surface area contributed by atoms with Crippen LogP contribution in [0.25, 0.3) is 11.0 Å². The lowest BCUT2D eigenvalue weighted by molar-refractivity contribution is -0.120. The van der Waals surface area contributed by atoms with Gasteiger partial charge in [-0.15, -0.1) is 0 Å². The predicted octanol–water partition coefficient (Wildman–Crippen LogP) is 3.78. The molecule has 0 saturated heterocycles. The Balaban J connectivity index is 1.55. The first-order valence-corrected chi connectivity index (χ1v) is 8.47. The summed E-state index contributed by atoms with van der Waals surface area (Å²) < 4.78 is 11.0. The van der Waals surface area contributed by atoms with Gasteiger partial charge in [-0.2, -0.15) is 0 Å². The number of fused-ring (bicyclic) bond motifs is 1. The topological polar surface area (TPSA) is 64.4 Å². The van der Waals surface area contributed by atoms with Crippen molar-refractivity contribution in [2.45, 2.75) is 33.2 Å². The van der Waals surface area contributed by atoms with Gasteiger partial charge >= 0.3 is 0 Å². The largest absolute Gasteiger partial charge is 0.478 e. The van der Waals surface area contributed by atoms with Crippen LogP contribution in [0.1, 0.15) is 30.0 Å². The lowest BCUT2D eigenvalue weighted by atomic mass is 10.1. The number of aryl methyl sites for hydroxylation is 1. The molecule has 0 atom stereocenters. The number of rotatable bonds is 7. The number of benzene rings is 1. The van der Waals surface area contributed by atoms with Gasteiger partial charge in [0.25, 0.3) is 0 Å². The summed E-state index contributed by atoms with van der Waals surface area (Å²) in [5.74, 6) is 0.562. The fraction of sp³-hybridized carbons (Fsp3) is 0.300. The SMILES string of the molecule is CCCOc1ccc(CNC(=O)Cc2coc3cc(C)ccc23)cn1. The number of carbonyl (C=O) groups excluding carboxylic acids is 1. The summed E-state index contributed by atoms with van der Waals surface area (Å²) in [4.78, 5) is 16.4. The minimum Gasteiger partial charge on any atom is -0.478 e. The molecule has 0 spiro atoms. The standard InChI is InChI=1S/C20H22N2O3/c1-3-8-24-20-7-5-15(12-22-20)11-21-19(23)10-16-13-25-18-9-14(2)4-6-17(16)18/h4-7,9,12-13H,3,8,10-11H2,1-2H3,(H,21,23). The molecule has 5 heteroatoms. The number of hydrogen-bond donors (Lipinski definition) is 1. The van der Waals surface area contributed by atoms with Gasteiger partial charge in [0.05, 0.1) is 19.3 Å². The molecule has 0 aliphatic heterocycles. The highest BCUT2D eigenvalue weighted by Gasteiger charge is 2.10. The van der Waals surface area contributed by atoms with Crippen molar-refractivity contribution >= 4 is 16.9 Å². The first-order valence-electron chi connectivity index (χ1n) is 8.47. The summed E-state index contributed by atoms with van der Waals surface area (Å²) in [6.07, 6.45) is 4.62. The summed E-state index contributed by atoms with van der Waals surface area (Å²) in [7, 11) is 0. The molecular weight excluding hydrogens is 316 g/mol. The van der Waals surface area contributed by atoms with E-state index in [0.717, 1.165) is 34.1 Å². The van der Waals surface area contributed by atoms with Gasteiger partial charge in [-0.3, -0.25) is 4.79 Å². The van der Waals surface area contributed by atoms with Crippen LogP contribution in [0, 0.1) is 6.92 Å². The molecular formula is C20H22N2O3. The van der Waals surface area contributed by atoms with E-state index in [-0.39, 0.29) is 5.91 Å². The Morgan fingerprint density at radius 1 is 1.28 bits per heavy atom. The molecule has 0 radical (unpaired) electrons. The highest BCUT2D eigenvalue weighted by Crippen LogP contribution is 2.22. The number of nitrogens with one attached hydrogen (secondary N) is 1. The van der Waals surface area contributed by atoms with Gasteiger partial charge in [0.15, 0.2) is 0 Å². The van der Waals surface area contributed by atoms with Gasteiger partial charge in [0, 0.05) is 29.8 Å². The van der Waals surface area contributed by atoms with Crippen molar-refractivity contribution in [2.24, 2.45) is 0 Å². The van der Waals surface area contributed by atoms with Gasteiger partial charge in [0.2, 0.25) is 11.8 Å². The Morgan fingerprint density at radius 3 is 2.92 bits per heavy atom. The number of hydrogen-bond acceptors (Lipinski definition) is 4. The summed E-state index contributed by atoms with van der Waals surface area (Å²) >= 11 is 0. The van der Waals surface area contributed by atoms with Gasteiger partial charge in [-0.25, -0.2) is 4.98 Å². The first kappa shape index (κ1) is 17.0. The molecule has 3 aromatic rings. The number of pyridine rings is 1. The van der Waals surface area contributed by atoms with E-state index in [1.807, 2.05) is 44.2 Å². The Morgan fingerprint density at radius 2 is 2.16 bits per heavy atom. The molecule has 0 saturated carbocycles. The molecule has 25 heavy (non-hydrogen) atoms. The Bertz CT molecular complexity index is 853. The van der Waals surface area contributed by atoms with Crippen molar-refractivity contribution in [3.63, 3.8) is 0 Å². The molecule has 2 aromatic heterocycles. The minimum absolute atomic E-state index is 0.0467. The van der Waals surface area contributed by atoms with Crippen LogP contribution in [0.2, 0.25) is 0 Å². The number of nitrogens with zero attached hydrogens (tertiary/aromatic N) is 1. The van der Waals surface area contributed by atoms with Crippen LogP contribution in [-0.2, 0) is 17.8 Å². The van der Waals surface area contributed by atoms with Crippen molar-refractivity contribution in [2.75, 3.05) is 6.61 Å². The Kier molecular flexibility index (Phi) is 5.33. The highest BCUT2D eigenvalue weighted by atomic mass is 16.5. The average Bonchev–Trinajstić information content (AvgIpc) is 3.01. The molecule has 1 amide bonds. The van der Waals surface area contributed by atoms with Crippen molar-refractivity contribution in [3.8, 4) is 5.88 Å². The molecule has 0 fully saturated rings. The average molecular weight is 338 g/mol. The van der Waals surface area contributed by atoms with E-state index in [2.05, 4.69) is 10.3 Å². The van der Waals surface area contributed by atoms with Crippen LogP contribution in [-0.4, -0.2) is 17.5 Å². The maximum absolute atomic E-state index is 12.2. The maximum atomic E-state index is 12.2. The van der Waals surface area contributed by atoms with Gasteiger partial charge in [0.1, 0.15) is 5.58 Å². The van der Waals surface area contributed by atoms with Crippen molar-refractivity contribution in [1.82, 2.24) is 10.3 Å². The third kappa shape index (κ3) is 4.38. The first-order chi connectivity index (χ1) is 12.2. The molecule has 1 N–H and O–H groups in total. The molecule has 2 heterocycles. The second kappa shape index (κ2) is 7.83. The third-order valence-electron chi connectivity index (χ3n) is 3.90. The lowest BCUT2D eigenvalue weighted by Crippen LogP contribution is -2.24. The van der Waals surface area contributed by atoms with Crippen LogP contribution in [0.3, 0.4) is 0 Å². The summed E-state index contributed by atoms with van der Waals surface area (Å²) in [6.45, 7) is 5.16. The van der Waals surface area contributed by atoms with Gasteiger partial charge < -0.3 is 14.5 Å². The van der Waals surface area contributed by atoms with Crippen LogP contribution < -0.4 is 10.1 Å². The Labute approximate surface area is 147 Å². The quantitative estimate of drug-likeness (QED) is 0.712. The molecule has 1 aromatic carbocycles. The fourth-order valence-corrected chi connectivity index (χ4v) is 2.57. The van der Waals surface area contributed by atoms with E-state index in [0.29, 0.717) is 25.5 Å². The predicted molar refractivity (Wildman–Crippen MR) is 96.5 cm³/mol. The summed E-state index contributed by atoms with van der Waals surface area (Å²) in [6, 6.07) is 9.73. The molecule has 130 valence electrons. The van der Waals surface area contributed by atoms with E-state index < -0.39 is 0 Å². The molecule has 5 nitrogen and oxygen atoms in total. The minimum atomic E-state index is -0.0467. The van der Waals surface area contributed by atoms with E-state index in [1.54, 1.807) is 12.5 Å². The molecule has 0 aliphatic carbocycles. The van der Waals surface area contributed by atoms with E-state index in [4.69, 9.17) is 9.15 Å². The van der Waals surface area contributed by atoms with Crippen LogP contribution in [0.4, 0.5) is 0 Å². The number of amides is 1. The monoisotopic (exact) mass is 338 g/mol. The van der Waals surface area contributed by atoms with E-state index in [9.17, 15) is 4.79 Å². The number of carbonyl (C=O) groups is 1. The maximum Gasteiger partial charge on any atom is 0.224 e. The van der Waals surface area contributed by atoms with Crippen LogP contribution in [0.5, 0.6) is 5.88 Å². The Hall–Kier alpha value is -2.82. The molecule has 3 rings (SSSR count). The van der Waals surface area contributed by atoms with Gasteiger partial charge in [-0.1, -0.05) is 25.1 Å². The zero-order valence-electron chi connectivity index (χ0n) is 14.5. The number of furan rings is 1. The van der Waals surface area contributed by atoms with Crippen LogP contribution >= 0.6 is 0 Å². The smallest absolute Gasteiger partial charge is 0.224 e. The van der Waals surface area contributed by atoms with E-state index in [1.165, 1.54) is 0 Å². The van der Waals surface area contributed by atoms with Crippen LogP contribution in [0.15, 0.2) is 47.2 Å². The van der Waals surface area contributed by atoms with Gasteiger partial charge in [-0.05, 0) is 30.5 Å². The second-order valence-electron chi connectivity index (χ2n) is 6.07. The summed E-state index contributed by atoms with van der Waals surface area (Å²) in [5, 5.41) is 3.90. The molecule has 0 unspecified atom stereocenters. The zero-order valence-corrected chi connectivity index (χ0v) is 14.5. The molecule has 0 aliphatic rings. The van der Waals surface area contributed by atoms with E-state index >= 15 is 0 Å². The third-order valence-corrected chi connectivity index (χ3v) is 3.90. The number of aromatic nitrogens is 1. The highest BCUT2D eigenvalue weighted by molar-refractivity contribution is 5.87. The zero-order chi connectivity index (χ0) is 17.6. The number of ether oxygens (including phenoxy) is 1.